The number of amides is 1. The fraction of sp³-hybridized carbons (Fsp3) is 0.375. The fourth-order valence-corrected chi connectivity index (χ4v) is 3.91. The zero-order chi connectivity index (χ0) is 21.5. The number of hydrogen-bond donors (Lipinski definition) is 3. The molecular formula is C24H32N4O2. The molecule has 0 bridgehead atoms. The van der Waals surface area contributed by atoms with E-state index in [9.17, 15) is 4.79 Å². The summed E-state index contributed by atoms with van der Waals surface area (Å²) in [6.45, 7) is 11.5. The number of likely N-dealkylation sites (N-methyl/N-ethyl adjacent to an activating group) is 2. The summed E-state index contributed by atoms with van der Waals surface area (Å²) in [6, 6.07) is 19.0. The lowest BCUT2D eigenvalue weighted by Crippen LogP contribution is -2.41. The molecule has 30 heavy (non-hydrogen) atoms. The molecule has 0 radical (unpaired) electrons. The number of aromatic amines is 1. The van der Waals surface area contributed by atoms with Crippen LogP contribution in [0.1, 0.15) is 42.4 Å². The highest BCUT2D eigenvalue weighted by atomic mass is 16.5. The summed E-state index contributed by atoms with van der Waals surface area (Å²) in [4.78, 5) is 19.6. The molecule has 0 unspecified atom stereocenters. The fourth-order valence-electron chi connectivity index (χ4n) is 3.91. The molecular weight excluding hydrogens is 376 g/mol. The average molecular weight is 409 g/mol. The van der Waals surface area contributed by atoms with Gasteiger partial charge in [-0.05, 0) is 49.3 Å². The molecule has 0 fully saturated rings. The van der Waals surface area contributed by atoms with Crippen molar-refractivity contribution in [2.75, 3.05) is 19.6 Å². The number of nitrogens with one attached hydrogen (secondary N) is 2. The smallest absolute Gasteiger partial charge is 0.291 e. The van der Waals surface area contributed by atoms with Gasteiger partial charge >= 0.3 is 0 Å². The summed E-state index contributed by atoms with van der Waals surface area (Å²) < 4.78 is 0. The second kappa shape index (κ2) is 10.4. The van der Waals surface area contributed by atoms with Crippen molar-refractivity contribution < 1.29 is 10.0 Å². The topological polar surface area (TPSA) is 71.6 Å². The minimum absolute atomic E-state index is 0.352. The Morgan fingerprint density at radius 2 is 1.80 bits per heavy atom. The zero-order valence-electron chi connectivity index (χ0n) is 18.1. The maximum absolute atomic E-state index is 11.6. The van der Waals surface area contributed by atoms with Gasteiger partial charge in [-0.1, -0.05) is 50.2 Å². The highest BCUT2D eigenvalue weighted by Crippen LogP contribution is 2.19. The molecule has 0 aliphatic carbocycles. The number of carbonyl (C=O) groups is 1. The first-order valence-electron chi connectivity index (χ1n) is 10.6. The van der Waals surface area contributed by atoms with Crippen LogP contribution >= 0.6 is 0 Å². The lowest BCUT2D eigenvalue weighted by Gasteiger charge is -2.32. The number of benzene rings is 2. The van der Waals surface area contributed by atoms with Gasteiger partial charge in [0.15, 0.2) is 0 Å². The van der Waals surface area contributed by atoms with Gasteiger partial charge in [0, 0.05) is 36.6 Å². The van der Waals surface area contributed by atoms with E-state index in [4.69, 9.17) is 5.21 Å². The third-order valence-electron chi connectivity index (χ3n) is 5.67. The minimum atomic E-state index is -0.533. The Kier molecular flexibility index (Phi) is 7.63. The summed E-state index contributed by atoms with van der Waals surface area (Å²) in [6.07, 6.45) is 0. The van der Waals surface area contributed by atoms with Crippen molar-refractivity contribution in [3.63, 3.8) is 0 Å². The van der Waals surface area contributed by atoms with Gasteiger partial charge in [-0.25, -0.2) is 5.48 Å². The second-order valence-electron chi connectivity index (χ2n) is 7.77. The van der Waals surface area contributed by atoms with E-state index in [1.54, 1.807) is 11.5 Å². The average Bonchev–Trinajstić information content (AvgIpc) is 3.20. The summed E-state index contributed by atoms with van der Waals surface area (Å²) in [5.74, 6) is -0.533. The Labute approximate surface area is 178 Å². The molecule has 0 aliphatic heterocycles. The van der Waals surface area contributed by atoms with E-state index in [0.717, 1.165) is 43.6 Å². The molecule has 1 aromatic heterocycles. The summed E-state index contributed by atoms with van der Waals surface area (Å²) in [5.41, 5.74) is 5.45. The third-order valence-corrected chi connectivity index (χ3v) is 5.67. The normalized spacial score (nSPS) is 12.6. The van der Waals surface area contributed by atoms with E-state index in [-0.39, 0.29) is 0 Å². The number of carbonyl (C=O) groups excluding carboxylic acids is 1. The van der Waals surface area contributed by atoms with Crippen LogP contribution in [0.5, 0.6) is 0 Å². The van der Waals surface area contributed by atoms with Crippen molar-refractivity contribution in [3.8, 4) is 0 Å². The van der Waals surface area contributed by atoms with Gasteiger partial charge < -0.3 is 4.98 Å². The monoisotopic (exact) mass is 408 g/mol. The van der Waals surface area contributed by atoms with Crippen LogP contribution in [0.4, 0.5) is 0 Å². The largest absolute Gasteiger partial charge is 0.350 e. The van der Waals surface area contributed by atoms with Crippen LogP contribution in [0.25, 0.3) is 10.9 Å². The SMILES string of the molecule is CCN(Cc1ccc2[nH]c(C(=O)NO)cc2c1)C[C@@H](C)N(CC)Cc1ccccc1. The molecule has 0 saturated heterocycles. The maximum Gasteiger partial charge on any atom is 0.291 e. The lowest BCUT2D eigenvalue weighted by atomic mass is 10.1. The van der Waals surface area contributed by atoms with Crippen molar-refractivity contribution in [1.29, 1.82) is 0 Å². The number of H-pyrrole nitrogens is 1. The first-order valence-corrected chi connectivity index (χ1v) is 10.6. The molecule has 160 valence electrons. The number of rotatable bonds is 10. The molecule has 1 atom stereocenters. The van der Waals surface area contributed by atoms with E-state index in [0.29, 0.717) is 11.7 Å². The second-order valence-corrected chi connectivity index (χ2v) is 7.77. The van der Waals surface area contributed by atoms with Crippen molar-refractivity contribution in [1.82, 2.24) is 20.3 Å². The Morgan fingerprint density at radius 3 is 2.47 bits per heavy atom. The quantitative estimate of drug-likeness (QED) is 0.350. The van der Waals surface area contributed by atoms with Crippen molar-refractivity contribution in [3.05, 3.63) is 71.4 Å². The number of nitrogens with zero attached hydrogens (tertiary/aromatic N) is 2. The van der Waals surface area contributed by atoms with Gasteiger partial charge in [0.05, 0.1) is 0 Å². The van der Waals surface area contributed by atoms with E-state index < -0.39 is 5.91 Å². The molecule has 3 aromatic rings. The molecule has 0 saturated carbocycles. The number of hydrogen-bond acceptors (Lipinski definition) is 4. The number of fused-ring (bicyclic) bond motifs is 1. The number of aromatic nitrogens is 1. The van der Waals surface area contributed by atoms with Crippen LogP contribution in [-0.2, 0) is 13.1 Å². The van der Waals surface area contributed by atoms with Crippen LogP contribution in [0.2, 0.25) is 0 Å². The predicted molar refractivity (Wildman–Crippen MR) is 120 cm³/mol. The summed E-state index contributed by atoms with van der Waals surface area (Å²) in [7, 11) is 0. The molecule has 0 aliphatic rings. The molecule has 2 aromatic carbocycles. The van der Waals surface area contributed by atoms with E-state index >= 15 is 0 Å². The third kappa shape index (κ3) is 5.48. The van der Waals surface area contributed by atoms with Crippen LogP contribution < -0.4 is 5.48 Å². The molecule has 6 nitrogen and oxygen atoms in total. The Bertz CT molecular complexity index is 954. The molecule has 6 heteroatoms. The Balaban J connectivity index is 1.66. The molecule has 1 amide bonds. The highest BCUT2D eigenvalue weighted by Gasteiger charge is 2.16. The standard InChI is InChI=1S/C24H32N4O2/c1-4-27(15-18(3)28(5-2)17-19-9-7-6-8-10-19)16-20-11-12-22-21(13-20)14-23(25-22)24(29)26-30/h6-14,18,25,30H,4-5,15-17H2,1-3H3,(H,26,29)/t18-/m1/s1. The first-order chi connectivity index (χ1) is 14.5. The van der Waals surface area contributed by atoms with Gasteiger partial charge in [0.25, 0.3) is 5.91 Å². The Hall–Kier alpha value is -2.67. The van der Waals surface area contributed by atoms with Gasteiger partial charge in [-0.15, -0.1) is 0 Å². The van der Waals surface area contributed by atoms with E-state index in [1.165, 1.54) is 11.1 Å². The highest BCUT2D eigenvalue weighted by molar-refractivity contribution is 5.97. The van der Waals surface area contributed by atoms with Crippen molar-refractivity contribution in [2.45, 2.75) is 39.9 Å². The molecule has 0 spiro atoms. The van der Waals surface area contributed by atoms with Crippen molar-refractivity contribution in [2.24, 2.45) is 0 Å². The minimum Gasteiger partial charge on any atom is -0.350 e. The van der Waals surface area contributed by atoms with Gasteiger partial charge in [-0.3, -0.25) is 19.8 Å². The van der Waals surface area contributed by atoms with E-state index in [1.807, 2.05) is 6.07 Å². The maximum atomic E-state index is 11.6. The lowest BCUT2D eigenvalue weighted by molar-refractivity contribution is 0.0701. The van der Waals surface area contributed by atoms with Gasteiger partial charge in [0.1, 0.15) is 5.69 Å². The molecule has 3 rings (SSSR count). The van der Waals surface area contributed by atoms with Crippen LogP contribution in [-0.4, -0.2) is 51.6 Å². The van der Waals surface area contributed by atoms with Gasteiger partial charge in [0.2, 0.25) is 0 Å². The van der Waals surface area contributed by atoms with E-state index in [2.05, 4.69) is 78.0 Å². The number of hydroxylamine groups is 1. The molecule has 3 N–H and O–H groups in total. The van der Waals surface area contributed by atoms with Crippen LogP contribution in [0.3, 0.4) is 0 Å². The zero-order valence-corrected chi connectivity index (χ0v) is 18.1. The summed E-state index contributed by atoms with van der Waals surface area (Å²) >= 11 is 0. The molecule has 1 heterocycles. The summed E-state index contributed by atoms with van der Waals surface area (Å²) in [5, 5.41) is 9.80. The van der Waals surface area contributed by atoms with Crippen LogP contribution in [0.15, 0.2) is 54.6 Å². The Morgan fingerprint density at radius 1 is 1.03 bits per heavy atom. The van der Waals surface area contributed by atoms with Crippen LogP contribution in [0, 0.1) is 0 Å². The predicted octanol–water partition coefficient (Wildman–Crippen LogP) is 4.02. The van der Waals surface area contributed by atoms with Crippen molar-refractivity contribution >= 4 is 16.8 Å². The first kappa shape index (κ1) is 22.0. The van der Waals surface area contributed by atoms with Gasteiger partial charge in [-0.2, -0.15) is 0 Å².